The Morgan fingerprint density at radius 3 is 1.00 bits per heavy atom. The van der Waals surface area contributed by atoms with Crippen LogP contribution in [-0.2, 0) is 9.84 Å². The maximum absolute atomic E-state index is 13.8. The van der Waals surface area contributed by atoms with Gasteiger partial charge in [-0.25, -0.2) is 8.42 Å². The lowest BCUT2D eigenvalue weighted by molar-refractivity contribution is 0.443. The van der Waals surface area contributed by atoms with Gasteiger partial charge in [0.25, 0.3) is 0 Å². The molecule has 1 aliphatic rings. The molecule has 42 heavy (non-hydrogen) atoms. The highest BCUT2D eigenvalue weighted by Gasteiger charge is 2.33. The van der Waals surface area contributed by atoms with Crippen molar-refractivity contribution in [3.63, 3.8) is 0 Å². The molecule has 0 unspecified atom stereocenters. The lowest BCUT2D eigenvalue weighted by atomic mass is 10.1. The van der Waals surface area contributed by atoms with E-state index in [1.807, 2.05) is 133 Å². The van der Waals surface area contributed by atoms with E-state index in [1.165, 1.54) is 0 Å². The summed E-state index contributed by atoms with van der Waals surface area (Å²) in [4.78, 5) is 4.45. The van der Waals surface area contributed by atoms with Crippen LogP contribution in [0, 0.1) is 0 Å². The van der Waals surface area contributed by atoms with Gasteiger partial charge in [-0.05, 0) is 72.8 Å². The second-order valence-electron chi connectivity index (χ2n) is 9.88. The molecule has 1 heterocycles. The molecule has 6 aromatic rings. The van der Waals surface area contributed by atoms with Crippen LogP contribution in [0.2, 0.25) is 0 Å². The number of para-hydroxylation sites is 4. The van der Waals surface area contributed by atoms with E-state index in [0.717, 1.165) is 34.1 Å². The van der Waals surface area contributed by atoms with Gasteiger partial charge in [-0.15, -0.1) is 0 Å². The van der Waals surface area contributed by atoms with Crippen LogP contribution in [0.1, 0.15) is 0 Å². The summed E-state index contributed by atoms with van der Waals surface area (Å²) in [5.74, 6) is 0.583. The first-order valence-corrected chi connectivity index (χ1v) is 15.1. The highest BCUT2D eigenvalue weighted by Crippen LogP contribution is 2.48. The van der Waals surface area contributed by atoms with Crippen LogP contribution >= 0.6 is 0 Å². The minimum Gasteiger partial charge on any atom is -0.454 e. The number of hydrogen-bond acceptors (Lipinski definition) is 5. The molecule has 7 rings (SSSR count). The molecule has 0 radical (unpaired) electrons. The molecule has 5 nitrogen and oxygen atoms in total. The highest BCUT2D eigenvalue weighted by atomic mass is 32.2. The van der Waals surface area contributed by atoms with E-state index in [1.54, 1.807) is 24.3 Å². The van der Waals surface area contributed by atoms with Gasteiger partial charge in [0.1, 0.15) is 21.3 Å². The predicted molar refractivity (Wildman–Crippen MR) is 168 cm³/mol. The van der Waals surface area contributed by atoms with Gasteiger partial charge in [-0.3, -0.25) is 0 Å². The van der Waals surface area contributed by atoms with Crippen molar-refractivity contribution in [2.75, 3.05) is 9.80 Å². The van der Waals surface area contributed by atoms with E-state index in [4.69, 9.17) is 4.74 Å². The molecule has 204 valence electrons. The molecule has 0 spiro atoms. The number of ether oxygens (including phenoxy) is 1. The topological polar surface area (TPSA) is 49.9 Å². The third-order valence-corrected chi connectivity index (χ3v) is 9.06. The highest BCUT2D eigenvalue weighted by molar-refractivity contribution is 7.91. The van der Waals surface area contributed by atoms with Crippen LogP contribution in [0.5, 0.6) is 11.5 Å². The molecular formula is C36H26N2O3S. The fourth-order valence-electron chi connectivity index (χ4n) is 5.31. The van der Waals surface area contributed by atoms with Crippen molar-refractivity contribution in [2.24, 2.45) is 0 Å². The normalized spacial score (nSPS) is 12.9. The Hall–Kier alpha value is -5.33. The standard InChI is InChI=1S/C36H26N2O3S/c39-42(40)35-23-21-31(37(27-13-5-1-6-14-27)28-15-7-2-8-16-28)25-33(35)41-34-26-32(22-24-36(34)42)38(29-17-9-3-10-18-29)30-19-11-4-12-20-30/h1-26H. The third kappa shape index (κ3) is 4.58. The van der Waals surface area contributed by atoms with Gasteiger partial charge in [-0.2, -0.15) is 0 Å². The summed E-state index contributed by atoms with van der Waals surface area (Å²) in [5, 5.41) is 0. The molecule has 0 N–H and O–H groups in total. The summed E-state index contributed by atoms with van der Waals surface area (Å²) >= 11 is 0. The maximum Gasteiger partial charge on any atom is 0.213 e. The van der Waals surface area contributed by atoms with Gasteiger partial charge < -0.3 is 14.5 Å². The summed E-state index contributed by atoms with van der Waals surface area (Å²) in [6.07, 6.45) is 0. The molecular weight excluding hydrogens is 540 g/mol. The van der Waals surface area contributed by atoms with Gasteiger partial charge in [0.2, 0.25) is 9.84 Å². The first-order chi connectivity index (χ1) is 20.6. The van der Waals surface area contributed by atoms with Crippen molar-refractivity contribution >= 4 is 44.0 Å². The van der Waals surface area contributed by atoms with Gasteiger partial charge in [-0.1, -0.05) is 72.8 Å². The van der Waals surface area contributed by atoms with E-state index in [-0.39, 0.29) is 9.79 Å². The Labute approximate surface area is 245 Å². The number of fused-ring (bicyclic) bond motifs is 2. The van der Waals surface area contributed by atoms with Crippen LogP contribution < -0.4 is 14.5 Å². The summed E-state index contributed by atoms with van der Waals surface area (Å²) in [7, 11) is -3.81. The van der Waals surface area contributed by atoms with Crippen molar-refractivity contribution < 1.29 is 13.2 Å². The number of anilines is 6. The third-order valence-electron chi connectivity index (χ3n) is 7.23. The molecule has 0 saturated carbocycles. The van der Waals surface area contributed by atoms with Crippen LogP contribution in [0.3, 0.4) is 0 Å². The van der Waals surface area contributed by atoms with Gasteiger partial charge in [0, 0.05) is 46.3 Å². The summed E-state index contributed by atoms with van der Waals surface area (Å²) in [5.41, 5.74) is 5.38. The molecule has 6 heteroatoms. The van der Waals surface area contributed by atoms with Crippen molar-refractivity contribution in [3.8, 4) is 11.5 Å². The molecule has 0 aliphatic carbocycles. The van der Waals surface area contributed by atoms with E-state index in [2.05, 4.69) is 9.80 Å². The van der Waals surface area contributed by atoms with Crippen molar-refractivity contribution in [1.29, 1.82) is 0 Å². The molecule has 0 amide bonds. The number of nitrogens with zero attached hydrogens (tertiary/aromatic N) is 2. The van der Waals surface area contributed by atoms with Gasteiger partial charge in [0.05, 0.1) is 0 Å². The zero-order chi connectivity index (χ0) is 28.5. The van der Waals surface area contributed by atoms with Crippen molar-refractivity contribution in [1.82, 2.24) is 0 Å². The summed E-state index contributed by atoms with van der Waals surface area (Å²) in [6, 6.07) is 50.4. The monoisotopic (exact) mass is 566 g/mol. The molecule has 0 atom stereocenters. The van der Waals surface area contributed by atoms with Crippen molar-refractivity contribution in [2.45, 2.75) is 9.79 Å². The smallest absolute Gasteiger partial charge is 0.213 e. The van der Waals surface area contributed by atoms with Gasteiger partial charge >= 0.3 is 0 Å². The Balaban J connectivity index is 1.34. The molecule has 1 aliphatic heterocycles. The number of hydrogen-bond donors (Lipinski definition) is 0. The molecule has 0 fully saturated rings. The van der Waals surface area contributed by atoms with Crippen molar-refractivity contribution in [3.05, 3.63) is 158 Å². The Kier molecular flexibility index (Phi) is 6.45. The van der Waals surface area contributed by atoms with E-state index in [9.17, 15) is 8.42 Å². The summed E-state index contributed by atoms with van der Waals surface area (Å²) in [6.45, 7) is 0. The number of rotatable bonds is 6. The van der Waals surface area contributed by atoms with E-state index in [0.29, 0.717) is 11.5 Å². The fourth-order valence-corrected chi connectivity index (χ4v) is 6.78. The van der Waals surface area contributed by atoms with Crippen LogP contribution in [-0.4, -0.2) is 8.42 Å². The van der Waals surface area contributed by atoms with E-state index >= 15 is 0 Å². The lowest BCUT2D eigenvalue weighted by Gasteiger charge is -2.29. The average Bonchev–Trinajstić information content (AvgIpc) is 3.03. The SMILES string of the molecule is O=S1(=O)c2ccc(N(c3ccccc3)c3ccccc3)cc2Oc2cc(N(c3ccccc3)c3ccccc3)ccc21. The van der Waals surface area contributed by atoms with E-state index < -0.39 is 9.84 Å². The second kappa shape index (κ2) is 10.6. The van der Waals surface area contributed by atoms with Crippen LogP contribution in [0.15, 0.2) is 168 Å². The quantitative estimate of drug-likeness (QED) is 0.201. The fraction of sp³-hybridized carbons (Fsp3) is 0. The summed E-state index contributed by atoms with van der Waals surface area (Å²) < 4.78 is 34.1. The largest absolute Gasteiger partial charge is 0.454 e. The Morgan fingerprint density at radius 1 is 0.381 bits per heavy atom. The molecule has 0 aromatic heterocycles. The molecule has 0 bridgehead atoms. The lowest BCUT2D eigenvalue weighted by Crippen LogP contribution is -2.15. The number of sulfone groups is 1. The first-order valence-electron chi connectivity index (χ1n) is 13.6. The minimum atomic E-state index is -3.81. The minimum absolute atomic E-state index is 0.149. The molecule has 0 saturated heterocycles. The zero-order valence-electron chi connectivity index (χ0n) is 22.5. The predicted octanol–water partition coefficient (Wildman–Crippen LogP) is 9.56. The van der Waals surface area contributed by atoms with Crippen LogP contribution in [0.4, 0.5) is 34.1 Å². The molecule has 6 aromatic carbocycles. The number of benzene rings is 6. The average molecular weight is 567 g/mol. The first kappa shape index (κ1) is 25.6. The van der Waals surface area contributed by atoms with Crippen LogP contribution in [0.25, 0.3) is 0 Å². The zero-order valence-corrected chi connectivity index (χ0v) is 23.4. The van der Waals surface area contributed by atoms with Gasteiger partial charge in [0.15, 0.2) is 0 Å². The Bertz CT molecular complexity index is 1750. The maximum atomic E-state index is 13.8. The second-order valence-corrected chi connectivity index (χ2v) is 11.8. The Morgan fingerprint density at radius 2 is 0.690 bits per heavy atom.